The lowest BCUT2D eigenvalue weighted by molar-refractivity contribution is 0.262. The van der Waals surface area contributed by atoms with Gasteiger partial charge < -0.3 is 10.6 Å². The molecule has 9 nitrogen and oxygen atoms in total. The molecule has 0 aliphatic heterocycles. The van der Waals surface area contributed by atoms with E-state index in [9.17, 15) is 26.2 Å². The summed E-state index contributed by atoms with van der Waals surface area (Å²) in [7, 11) is -8.29. The molecule has 4 N–H and O–H groups in total. The van der Waals surface area contributed by atoms with Gasteiger partial charge >= 0.3 is 6.03 Å². The van der Waals surface area contributed by atoms with Crippen LogP contribution in [0, 0.1) is 0 Å². The van der Waals surface area contributed by atoms with Crippen molar-refractivity contribution in [2.24, 2.45) is 0 Å². The maximum absolute atomic E-state index is 12.3. The Morgan fingerprint density at radius 2 is 1.42 bits per heavy atom. The minimum Gasteiger partial charge on any atom is -0.308 e. The first-order valence-corrected chi connectivity index (χ1v) is 12.8. The van der Waals surface area contributed by atoms with E-state index < -0.39 is 36.3 Å². The molecule has 0 saturated carbocycles. The van der Waals surface area contributed by atoms with Crippen molar-refractivity contribution >= 4 is 43.2 Å². The highest BCUT2D eigenvalue weighted by molar-refractivity contribution is 7.93. The van der Waals surface area contributed by atoms with Crippen LogP contribution in [0.15, 0.2) is 77.7 Å². The number of urea groups is 1. The zero-order valence-electron chi connectivity index (χ0n) is 17.8. The van der Waals surface area contributed by atoms with Crippen molar-refractivity contribution in [3.05, 3.63) is 72.8 Å². The highest BCUT2D eigenvalue weighted by atomic mass is 32.2. The van der Waals surface area contributed by atoms with E-state index in [1.165, 1.54) is 32.0 Å². The van der Waals surface area contributed by atoms with Crippen molar-refractivity contribution in [2.75, 3.05) is 15.4 Å². The number of hydrogen-bond acceptors (Lipinski definition) is 5. The lowest BCUT2D eigenvalue weighted by atomic mass is 10.0. The van der Waals surface area contributed by atoms with Gasteiger partial charge in [-0.25, -0.2) is 13.2 Å². The van der Waals surface area contributed by atoms with Gasteiger partial charge in [0.2, 0.25) is 10.0 Å². The lowest BCUT2D eigenvalue weighted by Crippen LogP contribution is -2.22. The molecule has 0 fully saturated rings. The van der Waals surface area contributed by atoms with Gasteiger partial charge in [-0.3, -0.25) is 9.27 Å². The van der Waals surface area contributed by atoms with Crippen molar-refractivity contribution in [3.63, 3.8) is 0 Å². The zero-order chi connectivity index (χ0) is 24.2. The molecule has 0 spiro atoms. The molecule has 0 saturated heterocycles. The van der Waals surface area contributed by atoms with Crippen molar-refractivity contribution in [2.45, 2.75) is 24.0 Å². The molecule has 0 unspecified atom stereocenters. The Labute approximate surface area is 192 Å². The maximum Gasteiger partial charge on any atom is 0.323 e. The molecule has 0 heterocycles. The van der Waals surface area contributed by atoms with Crippen molar-refractivity contribution in [3.8, 4) is 11.1 Å². The molecule has 33 heavy (non-hydrogen) atoms. The zero-order valence-corrected chi connectivity index (χ0v) is 19.4. The molecule has 0 aromatic heterocycles. The number of carbonyl (C=O) groups excluding carboxylic acids is 1. The fourth-order valence-electron chi connectivity index (χ4n) is 2.91. The highest BCUT2D eigenvalue weighted by Gasteiger charge is 2.21. The number of amides is 2. The monoisotopic (exact) mass is 489 g/mol. The van der Waals surface area contributed by atoms with Crippen LogP contribution in [0.5, 0.6) is 0 Å². The molecule has 0 aliphatic rings. The molecule has 0 bridgehead atoms. The standard InChI is InChI=1S/C22H23N3O6S2/c1-15(2)32(27,28)25-19-11-12-21(33(29,30)31)20(14-19)16-7-6-10-18(13-16)24-22(26)23-17-8-4-3-5-9-17/h3-15,25H,1-2H3,(H2,23,24,26)(H,29,30,31). The SMILES string of the molecule is CC(C)S(=O)(=O)Nc1ccc(S(=O)(=O)O)c(-c2cccc(NC(=O)Nc3ccccc3)c2)c1. The predicted molar refractivity (Wildman–Crippen MR) is 128 cm³/mol. The summed E-state index contributed by atoms with van der Waals surface area (Å²) in [6, 6.07) is 18.2. The first-order chi connectivity index (χ1) is 15.5. The molecule has 0 radical (unpaired) electrons. The molecule has 0 aliphatic carbocycles. The summed E-state index contributed by atoms with van der Waals surface area (Å²) in [4.78, 5) is 11.9. The van der Waals surface area contributed by atoms with Crippen molar-refractivity contribution in [1.29, 1.82) is 0 Å². The summed E-state index contributed by atoms with van der Waals surface area (Å²) in [6.45, 7) is 3.01. The number of rotatable bonds is 7. The van der Waals surface area contributed by atoms with Crippen LogP contribution in [0.1, 0.15) is 13.8 Å². The third-order valence-corrected chi connectivity index (χ3v) is 7.27. The molecular formula is C22H23N3O6S2. The Bertz CT molecular complexity index is 1370. The van der Waals surface area contributed by atoms with Crippen molar-refractivity contribution < 1.29 is 26.2 Å². The van der Waals surface area contributed by atoms with E-state index in [1.807, 2.05) is 6.07 Å². The van der Waals surface area contributed by atoms with Crippen LogP contribution < -0.4 is 15.4 Å². The van der Waals surface area contributed by atoms with Gasteiger partial charge in [0.25, 0.3) is 10.1 Å². The number of anilines is 3. The van der Waals surface area contributed by atoms with Gasteiger partial charge in [-0.2, -0.15) is 8.42 Å². The Hall–Kier alpha value is -3.41. The van der Waals surface area contributed by atoms with E-state index in [4.69, 9.17) is 0 Å². The Morgan fingerprint density at radius 3 is 2.06 bits per heavy atom. The largest absolute Gasteiger partial charge is 0.323 e. The second-order valence-corrected chi connectivity index (χ2v) is 11.0. The highest BCUT2D eigenvalue weighted by Crippen LogP contribution is 2.32. The number of benzene rings is 3. The summed E-state index contributed by atoms with van der Waals surface area (Å²) in [6.07, 6.45) is 0. The van der Waals surface area contributed by atoms with Crippen LogP contribution in [0.2, 0.25) is 0 Å². The van der Waals surface area contributed by atoms with Gasteiger partial charge in [0, 0.05) is 22.6 Å². The van der Waals surface area contributed by atoms with Crippen LogP contribution in [0.3, 0.4) is 0 Å². The Morgan fingerprint density at radius 1 is 0.788 bits per heavy atom. The molecule has 3 aromatic carbocycles. The molecule has 3 rings (SSSR count). The summed E-state index contributed by atoms with van der Waals surface area (Å²) < 4.78 is 60.4. The quantitative estimate of drug-likeness (QED) is 0.363. The van der Waals surface area contributed by atoms with Crippen LogP contribution in [-0.4, -0.2) is 32.7 Å². The molecule has 11 heteroatoms. The lowest BCUT2D eigenvalue weighted by Gasteiger charge is -2.15. The number of nitrogens with one attached hydrogen (secondary N) is 3. The second-order valence-electron chi connectivity index (χ2n) is 7.41. The fraction of sp³-hybridized carbons (Fsp3) is 0.136. The number of hydrogen-bond donors (Lipinski definition) is 4. The minimum atomic E-state index is -4.61. The Kier molecular flexibility index (Phi) is 7.06. The van der Waals surface area contributed by atoms with Crippen molar-refractivity contribution in [1.82, 2.24) is 0 Å². The van der Waals surface area contributed by atoms with Crippen LogP contribution in [-0.2, 0) is 20.1 Å². The van der Waals surface area contributed by atoms with E-state index in [0.29, 0.717) is 16.9 Å². The number of sulfonamides is 1. The van der Waals surface area contributed by atoms with E-state index >= 15 is 0 Å². The predicted octanol–water partition coefficient (Wildman–Crippen LogP) is 4.39. The molecular weight excluding hydrogens is 466 g/mol. The summed E-state index contributed by atoms with van der Waals surface area (Å²) in [5.41, 5.74) is 1.48. The number of para-hydroxylation sites is 1. The molecule has 2 amide bonds. The van der Waals surface area contributed by atoms with Gasteiger partial charge in [0.15, 0.2) is 0 Å². The van der Waals surface area contributed by atoms with Gasteiger partial charge in [0.1, 0.15) is 4.90 Å². The van der Waals surface area contributed by atoms with Crippen LogP contribution >= 0.6 is 0 Å². The van der Waals surface area contributed by atoms with Crippen LogP contribution in [0.4, 0.5) is 21.9 Å². The fourth-order valence-corrected chi connectivity index (χ4v) is 4.29. The third-order valence-electron chi connectivity index (χ3n) is 4.60. The topological polar surface area (TPSA) is 142 Å². The average Bonchev–Trinajstić information content (AvgIpc) is 2.73. The summed E-state index contributed by atoms with van der Waals surface area (Å²) in [5, 5.41) is 4.61. The summed E-state index contributed by atoms with van der Waals surface area (Å²) in [5.74, 6) is 0. The van der Waals surface area contributed by atoms with Crippen LogP contribution in [0.25, 0.3) is 11.1 Å². The summed E-state index contributed by atoms with van der Waals surface area (Å²) >= 11 is 0. The molecule has 0 atom stereocenters. The normalized spacial score (nSPS) is 11.8. The number of carbonyl (C=O) groups is 1. The van der Waals surface area contributed by atoms with E-state index in [1.54, 1.807) is 42.5 Å². The Balaban J connectivity index is 1.95. The first kappa shape index (κ1) is 24.2. The first-order valence-electron chi connectivity index (χ1n) is 9.82. The van der Waals surface area contributed by atoms with Gasteiger partial charge in [-0.15, -0.1) is 0 Å². The van der Waals surface area contributed by atoms with Gasteiger partial charge in [-0.05, 0) is 61.9 Å². The minimum absolute atomic E-state index is 0.0635. The van der Waals surface area contributed by atoms with Gasteiger partial charge in [-0.1, -0.05) is 30.3 Å². The van der Waals surface area contributed by atoms with Gasteiger partial charge in [0.05, 0.1) is 5.25 Å². The molecule has 174 valence electrons. The average molecular weight is 490 g/mol. The van der Waals surface area contributed by atoms with E-state index in [2.05, 4.69) is 15.4 Å². The van der Waals surface area contributed by atoms with E-state index in [-0.39, 0.29) is 11.3 Å². The van der Waals surface area contributed by atoms with E-state index in [0.717, 1.165) is 6.07 Å². The molecule has 3 aromatic rings. The third kappa shape index (κ3) is 6.31. The maximum atomic E-state index is 12.3. The smallest absolute Gasteiger partial charge is 0.308 e. The second kappa shape index (κ2) is 9.61.